The maximum absolute atomic E-state index is 12.3. The number of ether oxygens (including phenoxy) is 3. The Morgan fingerprint density at radius 2 is 1.87 bits per heavy atom. The highest BCUT2D eigenvalue weighted by atomic mass is 16.6. The molecule has 0 amide bonds. The smallest absolute Gasteiger partial charge is 0.364 e. The Hall–Kier alpha value is -2.83. The lowest BCUT2D eigenvalue weighted by Gasteiger charge is -2.11. The van der Waals surface area contributed by atoms with Crippen LogP contribution >= 0.6 is 0 Å². The third kappa shape index (κ3) is 4.09. The number of rotatable bonds is 6. The molecule has 0 radical (unpaired) electrons. The minimum absolute atomic E-state index is 0.0592. The fourth-order valence-electron chi connectivity index (χ4n) is 2.03. The molecule has 0 fully saturated rings. The summed E-state index contributed by atoms with van der Waals surface area (Å²) in [6, 6.07) is 5.95. The Morgan fingerprint density at radius 3 is 2.39 bits per heavy atom. The van der Waals surface area contributed by atoms with Crippen LogP contribution in [0.2, 0.25) is 0 Å². The van der Waals surface area contributed by atoms with Gasteiger partial charge in [-0.1, -0.05) is 12.1 Å². The maximum atomic E-state index is 12.3. The summed E-state index contributed by atoms with van der Waals surface area (Å²) in [4.78, 5) is 24.2. The highest BCUT2D eigenvalue weighted by molar-refractivity contribution is 5.95. The van der Waals surface area contributed by atoms with Crippen LogP contribution in [0.5, 0.6) is 5.75 Å². The van der Waals surface area contributed by atoms with Crippen LogP contribution in [0.4, 0.5) is 0 Å². The highest BCUT2D eigenvalue weighted by Crippen LogP contribution is 2.13. The summed E-state index contributed by atoms with van der Waals surface area (Å²) in [5.41, 5.74) is 0.792. The van der Waals surface area contributed by atoms with Crippen molar-refractivity contribution in [3.8, 4) is 5.75 Å². The molecule has 1 atom stereocenters. The minimum atomic E-state index is -1.17. The van der Waals surface area contributed by atoms with Crippen LogP contribution < -0.4 is 9.30 Å². The summed E-state index contributed by atoms with van der Waals surface area (Å²) in [6.45, 7) is 0.0592. The van der Waals surface area contributed by atoms with Gasteiger partial charge in [0.2, 0.25) is 6.33 Å². The zero-order chi connectivity index (χ0) is 16.8. The molecular formula is C16H19N2O5+. The molecule has 1 aromatic carbocycles. The lowest BCUT2D eigenvalue weighted by atomic mass is 10.2. The molecule has 7 nitrogen and oxygen atoms in total. The second kappa shape index (κ2) is 7.44. The zero-order valence-electron chi connectivity index (χ0n) is 13.3. The molecule has 0 bridgehead atoms. The first-order valence-electron chi connectivity index (χ1n) is 6.95. The Bertz CT molecular complexity index is 678. The zero-order valence-corrected chi connectivity index (χ0v) is 13.3. The Morgan fingerprint density at radius 1 is 1.17 bits per heavy atom. The van der Waals surface area contributed by atoms with E-state index in [-0.39, 0.29) is 6.61 Å². The van der Waals surface area contributed by atoms with Crippen molar-refractivity contribution in [3.05, 3.63) is 48.5 Å². The van der Waals surface area contributed by atoms with Crippen LogP contribution in [0.15, 0.2) is 43.0 Å². The number of methoxy groups -OCH3 is 2. The SMILES string of the molecule is COC(=O)C(C(=O)OCc1ccc(OC)cc1)[n+]1ccn(C)c1. The van der Waals surface area contributed by atoms with Gasteiger partial charge in [-0.15, -0.1) is 0 Å². The lowest BCUT2D eigenvalue weighted by molar-refractivity contribution is -0.698. The summed E-state index contributed by atoms with van der Waals surface area (Å²) in [7, 11) is 4.59. The van der Waals surface area contributed by atoms with Gasteiger partial charge in [0.05, 0.1) is 21.3 Å². The molecule has 23 heavy (non-hydrogen) atoms. The summed E-state index contributed by atoms with van der Waals surface area (Å²) in [6.07, 6.45) is 4.93. The Balaban J connectivity index is 2.06. The van der Waals surface area contributed by atoms with E-state index in [9.17, 15) is 9.59 Å². The van der Waals surface area contributed by atoms with E-state index < -0.39 is 18.0 Å². The second-order valence-corrected chi connectivity index (χ2v) is 4.91. The molecule has 7 heteroatoms. The number of aryl methyl sites for hydroxylation is 1. The topological polar surface area (TPSA) is 70.6 Å². The molecule has 1 aromatic heterocycles. The fourth-order valence-corrected chi connectivity index (χ4v) is 2.03. The Labute approximate surface area is 134 Å². The van der Waals surface area contributed by atoms with Gasteiger partial charge in [-0.3, -0.25) is 0 Å². The monoisotopic (exact) mass is 319 g/mol. The van der Waals surface area contributed by atoms with E-state index in [1.54, 1.807) is 61.7 Å². The maximum Gasteiger partial charge on any atom is 0.364 e. The summed E-state index contributed by atoms with van der Waals surface area (Å²) in [5, 5.41) is 0. The average molecular weight is 319 g/mol. The molecule has 1 heterocycles. The average Bonchev–Trinajstić information content (AvgIpc) is 2.99. The van der Waals surface area contributed by atoms with Crippen LogP contribution in [0.25, 0.3) is 0 Å². The number of aromatic nitrogens is 2. The molecule has 0 N–H and O–H groups in total. The molecular weight excluding hydrogens is 300 g/mol. The molecule has 2 aromatic rings. The van der Waals surface area contributed by atoms with Gasteiger partial charge in [0, 0.05) is 0 Å². The predicted molar refractivity (Wildman–Crippen MR) is 79.5 cm³/mol. The molecule has 0 aliphatic heterocycles. The van der Waals surface area contributed by atoms with Crippen molar-refractivity contribution in [2.45, 2.75) is 12.6 Å². The standard InChI is InChI=1S/C16H19N2O5/c1-17-8-9-18(11-17)14(15(19)22-3)16(20)23-10-12-4-6-13(21-2)7-5-12/h4-9,11,14H,10H2,1-3H3/q+1. The molecule has 0 aliphatic rings. The van der Waals surface area contributed by atoms with Gasteiger partial charge in [-0.05, 0) is 17.7 Å². The fraction of sp³-hybridized carbons (Fsp3) is 0.312. The van der Waals surface area contributed by atoms with Crippen molar-refractivity contribution in [1.29, 1.82) is 0 Å². The number of esters is 2. The number of hydrogen-bond donors (Lipinski definition) is 0. The van der Waals surface area contributed by atoms with Crippen molar-refractivity contribution in [1.82, 2.24) is 4.57 Å². The van der Waals surface area contributed by atoms with Crippen LogP contribution in [0.3, 0.4) is 0 Å². The van der Waals surface area contributed by atoms with Gasteiger partial charge in [-0.2, -0.15) is 0 Å². The van der Waals surface area contributed by atoms with E-state index in [1.807, 2.05) is 0 Å². The van der Waals surface area contributed by atoms with Gasteiger partial charge >= 0.3 is 11.9 Å². The molecule has 0 aliphatic carbocycles. The van der Waals surface area contributed by atoms with Gasteiger partial charge in [0.25, 0.3) is 6.04 Å². The number of hydrogen-bond acceptors (Lipinski definition) is 5. The summed E-state index contributed by atoms with van der Waals surface area (Å²) in [5.74, 6) is -0.642. The van der Waals surface area contributed by atoms with E-state index in [0.717, 1.165) is 5.56 Å². The van der Waals surface area contributed by atoms with E-state index >= 15 is 0 Å². The van der Waals surface area contributed by atoms with Crippen LogP contribution in [0.1, 0.15) is 11.6 Å². The molecule has 2 rings (SSSR count). The lowest BCUT2D eigenvalue weighted by Crippen LogP contribution is -2.48. The van der Waals surface area contributed by atoms with Gasteiger partial charge in [-0.25, -0.2) is 18.7 Å². The number of imidazole rings is 1. The first kappa shape index (κ1) is 16.5. The van der Waals surface area contributed by atoms with E-state index in [4.69, 9.17) is 14.2 Å². The first-order valence-corrected chi connectivity index (χ1v) is 6.95. The molecule has 0 spiro atoms. The minimum Gasteiger partial charge on any atom is -0.497 e. The molecule has 122 valence electrons. The number of carbonyl (C=O) groups excluding carboxylic acids is 2. The van der Waals surface area contributed by atoms with Gasteiger partial charge < -0.3 is 14.2 Å². The van der Waals surface area contributed by atoms with Crippen LogP contribution in [0, 0.1) is 0 Å². The first-order chi connectivity index (χ1) is 11.0. The van der Waals surface area contributed by atoms with E-state index in [0.29, 0.717) is 5.75 Å². The predicted octanol–water partition coefficient (Wildman–Crippen LogP) is 0.779. The van der Waals surface area contributed by atoms with Crippen molar-refractivity contribution >= 4 is 11.9 Å². The van der Waals surface area contributed by atoms with Gasteiger partial charge in [0.1, 0.15) is 24.8 Å². The second-order valence-electron chi connectivity index (χ2n) is 4.91. The van der Waals surface area contributed by atoms with Crippen molar-refractivity contribution in [3.63, 3.8) is 0 Å². The number of benzene rings is 1. The normalized spacial score (nSPS) is 11.6. The highest BCUT2D eigenvalue weighted by Gasteiger charge is 2.35. The third-order valence-corrected chi connectivity index (χ3v) is 3.28. The van der Waals surface area contributed by atoms with E-state index in [1.165, 1.54) is 11.7 Å². The summed E-state index contributed by atoms with van der Waals surface area (Å²) >= 11 is 0. The molecule has 1 unspecified atom stereocenters. The number of carbonyl (C=O) groups is 2. The van der Waals surface area contributed by atoms with Crippen LogP contribution in [-0.4, -0.2) is 30.7 Å². The van der Waals surface area contributed by atoms with Crippen molar-refractivity contribution in [2.75, 3.05) is 14.2 Å². The largest absolute Gasteiger partial charge is 0.497 e. The number of nitrogens with zero attached hydrogens (tertiary/aromatic N) is 2. The summed E-state index contributed by atoms with van der Waals surface area (Å²) < 4.78 is 18.2. The quantitative estimate of drug-likeness (QED) is 0.447. The van der Waals surface area contributed by atoms with Crippen molar-refractivity contribution in [2.24, 2.45) is 7.05 Å². The third-order valence-electron chi connectivity index (χ3n) is 3.28. The van der Waals surface area contributed by atoms with E-state index in [2.05, 4.69) is 0 Å². The van der Waals surface area contributed by atoms with Crippen LogP contribution in [-0.2, 0) is 32.7 Å². The molecule has 0 saturated carbocycles. The molecule has 0 saturated heterocycles. The van der Waals surface area contributed by atoms with Gasteiger partial charge in [0.15, 0.2) is 0 Å². The van der Waals surface area contributed by atoms with Crippen molar-refractivity contribution < 1.29 is 28.4 Å². The Kier molecular flexibility index (Phi) is 5.35.